The standard InChI is InChI=1S/C7H14F2O/c1-3-5-6-7(8,9)10-4-2/h3-6H2,1-2H3. The van der Waals surface area contributed by atoms with Gasteiger partial charge in [0.2, 0.25) is 0 Å². The molecule has 0 fully saturated rings. The molecule has 0 saturated heterocycles. The maximum atomic E-state index is 12.4. The minimum absolute atomic E-state index is 0.0801. The van der Waals surface area contributed by atoms with Crippen LogP contribution < -0.4 is 0 Å². The van der Waals surface area contributed by atoms with Crippen molar-refractivity contribution in [1.82, 2.24) is 0 Å². The Labute approximate surface area is 60.4 Å². The molecule has 0 saturated carbocycles. The van der Waals surface area contributed by atoms with Crippen molar-refractivity contribution < 1.29 is 13.5 Å². The molecule has 10 heavy (non-hydrogen) atoms. The first kappa shape index (κ1) is 9.82. The third kappa shape index (κ3) is 4.68. The van der Waals surface area contributed by atoms with E-state index < -0.39 is 6.11 Å². The van der Waals surface area contributed by atoms with Crippen LogP contribution in [-0.2, 0) is 4.74 Å². The first-order valence-corrected chi connectivity index (χ1v) is 3.64. The van der Waals surface area contributed by atoms with E-state index in [1.54, 1.807) is 6.92 Å². The van der Waals surface area contributed by atoms with Crippen LogP contribution in [0.4, 0.5) is 8.78 Å². The number of hydrogen-bond donors (Lipinski definition) is 0. The maximum Gasteiger partial charge on any atom is 0.355 e. The third-order valence-corrected chi connectivity index (χ3v) is 1.18. The van der Waals surface area contributed by atoms with Crippen LogP contribution in [0.2, 0.25) is 0 Å². The van der Waals surface area contributed by atoms with Crippen molar-refractivity contribution in [3.63, 3.8) is 0 Å². The predicted octanol–water partition coefficient (Wildman–Crippen LogP) is 2.81. The van der Waals surface area contributed by atoms with Crippen molar-refractivity contribution in [2.75, 3.05) is 6.61 Å². The van der Waals surface area contributed by atoms with Gasteiger partial charge in [-0.05, 0) is 13.3 Å². The fraction of sp³-hybridized carbons (Fsp3) is 1.00. The van der Waals surface area contributed by atoms with Gasteiger partial charge in [-0.1, -0.05) is 13.3 Å². The lowest BCUT2D eigenvalue weighted by atomic mass is 10.2. The van der Waals surface area contributed by atoms with Gasteiger partial charge in [-0.25, -0.2) is 0 Å². The Kier molecular flexibility index (Phi) is 4.52. The Bertz CT molecular complexity index is 83.7. The molecule has 0 heterocycles. The average molecular weight is 152 g/mol. The number of hydrogen-bond acceptors (Lipinski definition) is 1. The summed E-state index contributed by atoms with van der Waals surface area (Å²) < 4.78 is 29.0. The van der Waals surface area contributed by atoms with Gasteiger partial charge in [-0.2, -0.15) is 8.78 Å². The van der Waals surface area contributed by atoms with Gasteiger partial charge in [-0.15, -0.1) is 0 Å². The van der Waals surface area contributed by atoms with Crippen LogP contribution in [0.3, 0.4) is 0 Å². The van der Waals surface area contributed by atoms with E-state index in [0.29, 0.717) is 6.42 Å². The van der Waals surface area contributed by atoms with Crippen molar-refractivity contribution >= 4 is 0 Å². The van der Waals surface area contributed by atoms with Crippen molar-refractivity contribution in [1.29, 1.82) is 0 Å². The molecule has 0 aliphatic heterocycles. The highest BCUT2D eigenvalue weighted by Gasteiger charge is 2.27. The third-order valence-electron chi connectivity index (χ3n) is 1.18. The molecule has 0 atom stereocenters. The van der Waals surface area contributed by atoms with Gasteiger partial charge in [-0.3, -0.25) is 0 Å². The molecule has 0 aliphatic carbocycles. The second-order valence-electron chi connectivity index (χ2n) is 2.17. The highest BCUT2D eigenvalue weighted by Crippen LogP contribution is 2.22. The van der Waals surface area contributed by atoms with E-state index in [9.17, 15) is 8.78 Å². The van der Waals surface area contributed by atoms with Gasteiger partial charge in [0, 0.05) is 6.42 Å². The lowest BCUT2D eigenvalue weighted by Gasteiger charge is -2.14. The van der Waals surface area contributed by atoms with Gasteiger partial charge in [0.1, 0.15) is 0 Å². The molecule has 0 aromatic heterocycles. The Hall–Kier alpha value is -0.180. The summed E-state index contributed by atoms with van der Waals surface area (Å²) >= 11 is 0. The summed E-state index contributed by atoms with van der Waals surface area (Å²) in [6.45, 7) is 3.53. The van der Waals surface area contributed by atoms with Gasteiger partial charge < -0.3 is 4.74 Å². The van der Waals surface area contributed by atoms with E-state index in [0.717, 1.165) is 6.42 Å². The minimum atomic E-state index is -2.90. The Morgan fingerprint density at radius 2 is 1.90 bits per heavy atom. The van der Waals surface area contributed by atoms with Gasteiger partial charge in [0.15, 0.2) is 0 Å². The molecular formula is C7H14F2O. The number of unbranched alkanes of at least 4 members (excludes halogenated alkanes) is 1. The lowest BCUT2D eigenvalue weighted by Crippen LogP contribution is -2.20. The fourth-order valence-corrected chi connectivity index (χ4v) is 0.666. The number of ether oxygens (including phenoxy) is 1. The zero-order chi connectivity index (χ0) is 8.04. The van der Waals surface area contributed by atoms with E-state index in [1.165, 1.54) is 0 Å². The highest BCUT2D eigenvalue weighted by atomic mass is 19.3. The zero-order valence-corrected chi connectivity index (χ0v) is 6.49. The van der Waals surface area contributed by atoms with Crippen molar-refractivity contribution in [3.8, 4) is 0 Å². The monoisotopic (exact) mass is 152 g/mol. The first-order valence-electron chi connectivity index (χ1n) is 3.64. The minimum Gasteiger partial charge on any atom is -0.321 e. The van der Waals surface area contributed by atoms with Crippen molar-refractivity contribution in [3.05, 3.63) is 0 Å². The molecule has 0 aliphatic rings. The van der Waals surface area contributed by atoms with Crippen LogP contribution in [0.25, 0.3) is 0 Å². The number of halogens is 2. The van der Waals surface area contributed by atoms with Crippen LogP contribution in [0.1, 0.15) is 33.1 Å². The van der Waals surface area contributed by atoms with Crippen LogP contribution in [0, 0.1) is 0 Å². The van der Waals surface area contributed by atoms with Crippen LogP contribution in [-0.4, -0.2) is 12.7 Å². The maximum absolute atomic E-state index is 12.4. The molecule has 0 N–H and O–H groups in total. The largest absolute Gasteiger partial charge is 0.355 e. The molecule has 0 bridgehead atoms. The molecule has 1 nitrogen and oxygen atoms in total. The van der Waals surface area contributed by atoms with E-state index in [2.05, 4.69) is 4.74 Å². The van der Waals surface area contributed by atoms with Crippen molar-refractivity contribution in [2.24, 2.45) is 0 Å². The quantitative estimate of drug-likeness (QED) is 0.588. The molecular weight excluding hydrogens is 138 g/mol. The average Bonchev–Trinajstić information content (AvgIpc) is 1.84. The first-order chi connectivity index (χ1) is 4.62. The molecule has 0 aromatic carbocycles. The zero-order valence-electron chi connectivity index (χ0n) is 6.49. The van der Waals surface area contributed by atoms with E-state index in [1.807, 2.05) is 6.92 Å². The summed E-state index contributed by atoms with van der Waals surface area (Å²) in [4.78, 5) is 0. The molecule has 0 aromatic rings. The Morgan fingerprint density at radius 1 is 1.30 bits per heavy atom. The van der Waals surface area contributed by atoms with Gasteiger partial charge >= 0.3 is 6.11 Å². The second-order valence-corrected chi connectivity index (χ2v) is 2.17. The van der Waals surface area contributed by atoms with E-state index >= 15 is 0 Å². The predicted molar refractivity (Wildman–Crippen MR) is 36.1 cm³/mol. The number of alkyl halides is 2. The molecule has 0 rings (SSSR count). The van der Waals surface area contributed by atoms with E-state index in [4.69, 9.17) is 0 Å². The molecule has 0 radical (unpaired) electrons. The molecule has 3 heteroatoms. The van der Waals surface area contributed by atoms with Crippen LogP contribution >= 0.6 is 0 Å². The molecule has 0 amide bonds. The smallest absolute Gasteiger partial charge is 0.321 e. The van der Waals surface area contributed by atoms with Crippen LogP contribution in [0.5, 0.6) is 0 Å². The van der Waals surface area contributed by atoms with Crippen molar-refractivity contribution in [2.45, 2.75) is 39.2 Å². The summed E-state index contributed by atoms with van der Waals surface area (Å²) in [5.41, 5.74) is 0. The Balaban J connectivity index is 3.42. The summed E-state index contributed by atoms with van der Waals surface area (Å²) in [5.74, 6) is 0. The summed E-state index contributed by atoms with van der Waals surface area (Å²) in [6.07, 6.45) is -1.75. The van der Waals surface area contributed by atoms with Crippen LogP contribution in [0.15, 0.2) is 0 Å². The molecule has 62 valence electrons. The summed E-state index contributed by atoms with van der Waals surface area (Å²) in [7, 11) is 0. The molecule has 0 unspecified atom stereocenters. The SMILES string of the molecule is CCCCC(F)(F)OCC. The number of rotatable bonds is 5. The van der Waals surface area contributed by atoms with E-state index in [-0.39, 0.29) is 13.0 Å². The molecule has 0 spiro atoms. The summed E-state index contributed by atoms with van der Waals surface area (Å²) in [5, 5.41) is 0. The second kappa shape index (κ2) is 4.61. The lowest BCUT2D eigenvalue weighted by molar-refractivity contribution is -0.239. The fourth-order valence-electron chi connectivity index (χ4n) is 0.666. The normalized spacial score (nSPS) is 12.0. The van der Waals surface area contributed by atoms with Gasteiger partial charge in [0.05, 0.1) is 6.61 Å². The van der Waals surface area contributed by atoms with Gasteiger partial charge in [0.25, 0.3) is 0 Å². The Morgan fingerprint density at radius 3 is 2.30 bits per heavy atom. The highest BCUT2D eigenvalue weighted by molar-refractivity contribution is 4.51. The topological polar surface area (TPSA) is 9.23 Å². The summed E-state index contributed by atoms with van der Waals surface area (Å²) in [6, 6.07) is 0.